The lowest BCUT2D eigenvalue weighted by Gasteiger charge is -2.34. The standard InChI is InChI=1S/C15H25NO4/c17-12-6-5-9-16(11-12)13(18)10-15(14(19)20)7-3-1-2-4-8-15/h12,17H,1-11H2,(H,19,20). The summed E-state index contributed by atoms with van der Waals surface area (Å²) in [6.45, 7) is 1.00. The Kier molecular flexibility index (Phi) is 5.02. The highest BCUT2D eigenvalue weighted by atomic mass is 16.4. The third kappa shape index (κ3) is 3.51. The van der Waals surface area contributed by atoms with Gasteiger partial charge in [-0.25, -0.2) is 0 Å². The summed E-state index contributed by atoms with van der Waals surface area (Å²) >= 11 is 0. The summed E-state index contributed by atoms with van der Waals surface area (Å²) in [7, 11) is 0. The maximum Gasteiger partial charge on any atom is 0.310 e. The van der Waals surface area contributed by atoms with Gasteiger partial charge < -0.3 is 15.1 Å². The maximum absolute atomic E-state index is 12.4. The number of carboxylic acids is 1. The molecular weight excluding hydrogens is 258 g/mol. The van der Waals surface area contributed by atoms with Gasteiger partial charge in [-0.1, -0.05) is 25.7 Å². The molecule has 114 valence electrons. The lowest BCUT2D eigenvalue weighted by Crippen LogP contribution is -2.45. The fourth-order valence-corrected chi connectivity index (χ4v) is 3.45. The molecule has 1 heterocycles. The average Bonchev–Trinajstić information content (AvgIpc) is 2.65. The number of aliphatic hydroxyl groups is 1. The second kappa shape index (κ2) is 6.57. The number of carboxylic acid groups (broad SMARTS) is 1. The quantitative estimate of drug-likeness (QED) is 0.774. The second-order valence-electron chi connectivity index (χ2n) is 6.31. The van der Waals surface area contributed by atoms with E-state index in [-0.39, 0.29) is 12.3 Å². The average molecular weight is 283 g/mol. The monoisotopic (exact) mass is 283 g/mol. The Balaban J connectivity index is 2.03. The molecule has 5 heteroatoms. The van der Waals surface area contributed by atoms with Crippen molar-refractivity contribution in [1.82, 2.24) is 4.90 Å². The Hall–Kier alpha value is -1.10. The van der Waals surface area contributed by atoms with Crippen LogP contribution in [0.15, 0.2) is 0 Å². The van der Waals surface area contributed by atoms with E-state index in [1.54, 1.807) is 4.90 Å². The highest BCUT2D eigenvalue weighted by Gasteiger charge is 2.41. The van der Waals surface area contributed by atoms with Crippen LogP contribution in [0.25, 0.3) is 0 Å². The summed E-state index contributed by atoms with van der Waals surface area (Å²) < 4.78 is 0. The first-order chi connectivity index (χ1) is 9.53. The number of nitrogens with zero attached hydrogens (tertiary/aromatic N) is 1. The van der Waals surface area contributed by atoms with Crippen molar-refractivity contribution in [2.75, 3.05) is 13.1 Å². The van der Waals surface area contributed by atoms with Crippen LogP contribution in [0.5, 0.6) is 0 Å². The molecule has 1 saturated carbocycles. The summed E-state index contributed by atoms with van der Waals surface area (Å²) in [6, 6.07) is 0. The fourth-order valence-electron chi connectivity index (χ4n) is 3.45. The van der Waals surface area contributed by atoms with Crippen LogP contribution in [-0.2, 0) is 9.59 Å². The van der Waals surface area contributed by atoms with E-state index in [9.17, 15) is 19.8 Å². The van der Waals surface area contributed by atoms with Crippen LogP contribution in [-0.4, -0.2) is 46.2 Å². The Morgan fingerprint density at radius 3 is 2.30 bits per heavy atom. The minimum atomic E-state index is -0.879. The molecule has 20 heavy (non-hydrogen) atoms. The van der Waals surface area contributed by atoms with Gasteiger partial charge in [0, 0.05) is 19.5 Å². The van der Waals surface area contributed by atoms with Crippen molar-refractivity contribution in [3.63, 3.8) is 0 Å². The van der Waals surface area contributed by atoms with E-state index in [1.165, 1.54) is 0 Å². The Bertz CT molecular complexity index is 361. The second-order valence-corrected chi connectivity index (χ2v) is 6.31. The van der Waals surface area contributed by atoms with E-state index in [2.05, 4.69) is 0 Å². The third-order valence-electron chi connectivity index (χ3n) is 4.75. The molecule has 0 radical (unpaired) electrons. The highest BCUT2D eigenvalue weighted by molar-refractivity contribution is 5.85. The van der Waals surface area contributed by atoms with Gasteiger partial charge in [0.05, 0.1) is 11.5 Å². The molecule has 0 aromatic carbocycles. The Morgan fingerprint density at radius 2 is 1.75 bits per heavy atom. The summed E-state index contributed by atoms with van der Waals surface area (Å²) in [5, 5.41) is 19.2. The van der Waals surface area contributed by atoms with Gasteiger partial charge in [-0.2, -0.15) is 0 Å². The fraction of sp³-hybridized carbons (Fsp3) is 0.867. The summed E-state index contributed by atoms with van der Waals surface area (Å²) in [5.41, 5.74) is -0.879. The third-order valence-corrected chi connectivity index (χ3v) is 4.75. The Labute approximate surface area is 120 Å². The van der Waals surface area contributed by atoms with E-state index in [0.717, 1.165) is 38.5 Å². The number of piperidine rings is 1. The van der Waals surface area contributed by atoms with Gasteiger partial charge in [-0.15, -0.1) is 0 Å². The first-order valence-electron chi connectivity index (χ1n) is 7.73. The summed E-state index contributed by atoms with van der Waals surface area (Å²) in [5.74, 6) is -0.932. The van der Waals surface area contributed by atoms with Crippen LogP contribution in [0.1, 0.15) is 57.8 Å². The number of hydrogen-bond donors (Lipinski definition) is 2. The van der Waals surface area contributed by atoms with Gasteiger partial charge in [0.1, 0.15) is 0 Å². The van der Waals surface area contributed by atoms with E-state index in [4.69, 9.17) is 0 Å². The van der Waals surface area contributed by atoms with Gasteiger partial charge in [0.25, 0.3) is 0 Å². The number of rotatable bonds is 3. The lowest BCUT2D eigenvalue weighted by molar-refractivity contribution is -0.155. The number of likely N-dealkylation sites (tertiary alicyclic amines) is 1. The number of amides is 1. The molecule has 0 aromatic rings. The van der Waals surface area contributed by atoms with Gasteiger partial charge in [0.15, 0.2) is 0 Å². The predicted molar refractivity (Wildman–Crippen MR) is 74.2 cm³/mol. The van der Waals surface area contributed by atoms with Crippen molar-refractivity contribution >= 4 is 11.9 Å². The van der Waals surface area contributed by atoms with E-state index >= 15 is 0 Å². The molecule has 2 N–H and O–H groups in total. The normalized spacial score (nSPS) is 26.9. The molecule has 5 nitrogen and oxygen atoms in total. The van der Waals surface area contributed by atoms with Crippen LogP contribution in [0.4, 0.5) is 0 Å². The van der Waals surface area contributed by atoms with E-state index < -0.39 is 17.5 Å². The molecule has 1 aliphatic heterocycles. The van der Waals surface area contributed by atoms with Crippen LogP contribution >= 0.6 is 0 Å². The molecule has 1 unspecified atom stereocenters. The van der Waals surface area contributed by atoms with Crippen molar-refractivity contribution in [1.29, 1.82) is 0 Å². The largest absolute Gasteiger partial charge is 0.481 e. The summed E-state index contributed by atoms with van der Waals surface area (Å²) in [4.78, 5) is 25.7. The molecule has 1 saturated heterocycles. The summed E-state index contributed by atoms with van der Waals surface area (Å²) in [6.07, 6.45) is 6.27. The smallest absolute Gasteiger partial charge is 0.310 e. The van der Waals surface area contributed by atoms with E-state index in [1.807, 2.05) is 0 Å². The molecule has 0 bridgehead atoms. The van der Waals surface area contributed by atoms with Crippen molar-refractivity contribution in [2.24, 2.45) is 5.41 Å². The molecule has 0 aromatic heterocycles. The molecule has 1 amide bonds. The zero-order valence-electron chi connectivity index (χ0n) is 12.0. The van der Waals surface area contributed by atoms with Crippen molar-refractivity contribution in [3.8, 4) is 0 Å². The van der Waals surface area contributed by atoms with Crippen LogP contribution in [0.2, 0.25) is 0 Å². The predicted octanol–water partition coefficient (Wildman–Crippen LogP) is 1.78. The minimum absolute atomic E-state index is 0.0923. The molecule has 0 spiro atoms. The molecule has 1 atom stereocenters. The van der Waals surface area contributed by atoms with E-state index in [0.29, 0.717) is 25.9 Å². The van der Waals surface area contributed by atoms with Crippen molar-refractivity contribution in [3.05, 3.63) is 0 Å². The van der Waals surface area contributed by atoms with Gasteiger partial charge in [-0.05, 0) is 25.7 Å². The first-order valence-corrected chi connectivity index (χ1v) is 7.73. The van der Waals surface area contributed by atoms with Gasteiger partial charge >= 0.3 is 5.97 Å². The Morgan fingerprint density at radius 1 is 1.10 bits per heavy atom. The zero-order chi connectivity index (χ0) is 14.6. The molecule has 2 rings (SSSR count). The van der Waals surface area contributed by atoms with Gasteiger partial charge in [0.2, 0.25) is 5.91 Å². The van der Waals surface area contributed by atoms with Crippen LogP contribution in [0, 0.1) is 5.41 Å². The van der Waals surface area contributed by atoms with Crippen molar-refractivity contribution in [2.45, 2.75) is 63.9 Å². The molecule has 1 aliphatic carbocycles. The number of carbonyl (C=O) groups is 2. The lowest BCUT2D eigenvalue weighted by atomic mass is 9.77. The number of carbonyl (C=O) groups excluding carboxylic acids is 1. The topological polar surface area (TPSA) is 77.8 Å². The number of aliphatic hydroxyl groups excluding tert-OH is 1. The SMILES string of the molecule is O=C(CC1(C(=O)O)CCCCCC1)N1CCCC(O)C1. The van der Waals surface area contributed by atoms with Gasteiger partial charge in [-0.3, -0.25) is 9.59 Å². The molecule has 2 aliphatic rings. The number of hydrogen-bond acceptors (Lipinski definition) is 3. The zero-order valence-corrected chi connectivity index (χ0v) is 12.0. The number of aliphatic carboxylic acids is 1. The van der Waals surface area contributed by atoms with Crippen molar-refractivity contribution < 1.29 is 19.8 Å². The first kappa shape index (κ1) is 15.3. The maximum atomic E-state index is 12.4. The number of β-amino-alcohol motifs (C(OH)–C–C–N with tert-alkyl or cyclic N) is 1. The molecular formula is C15H25NO4. The van der Waals surface area contributed by atoms with Crippen LogP contribution in [0.3, 0.4) is 0 Å². The highest BCUT2D eigenvalue weighted by Crippen LogP contribution is 2.39. The minimum Gasteiger partial charge on any atom is -0.481 e. The van der Waals surface area contributed by atoms with Crippen LogP contribution < -0.4 is 0 Å². The molecule has 2 fully saturated rings.